The summed E-state index contributed by atoms with van der Waals surface area (Å²) in [6.07, 6.45) is 8.52. The quantitative estimate of drug-likeness (QED) is 0.560. The summed E-state index contributed by atoms with van der Waals surface area (Å²) in [6, 6.07) is 0. The van der Waals surface area contributed by atoms with Gasteiger partial charge in [0, 0.05) is 4.48 Å². The zero-order chi connectivity index (χ0) is 7.56. The minimum Gasteiger partial charge on any atom is -0.0765 e. The maximum absolute atomic E-state index is 3.42. The Hall–Kier alpha value is -0.300. The van der Waals surface area contributed by atoms with Gasteiger partial charge in [-0.1, -0.05) is 46.7 Å². The molecule has 10 heavy (non-hydrogen) atoms. The van der Waals surface area contributed by atoms with Gasteiger partial charge in [-0.25, -0.2) is 0 Å². The third-order valence-corrected chi connectivity index (χ3v) is 2.30. The first-order valence-corrected chi connectivity index (χ1v) is 4.21. The van der Waals surface area contributed by atoms with Crippen LogP contribution in [0, 0.1) is 5.92 Å². The molecule has 1 aliphatic carbocycles. The minimum atomic E-state index is 0.575. The van der Waals surface area contributed by atoms with Crippen molar-refractivity contribution in [2.75, 3.05) is 0 Å². The summed E-state index contributed by atoms with van der Waals surface area (Å²) in [5.74, 6) is 0.575. The molecule has 0 aromatic heterocycles. The molecule has 1 atom stereocenters. The van der Waals surface area contributed by atoms with Gasteiger partial charge in [-0.15, -0.1) is 0 Å². The topological polar surface area (TPSA) is 0 Å². The van der Waals surface area contributed by atoms with E-state index in [1.165, 1.54) is 5.57 Å². The highest BCUT2D eigenvalue weighted by Crippen LogP contribution is 2.19. The number of hydrogen-bond donors (Lipinski definition) is 0. The van der Waals surface area contributed by atoms with Crippen molar-refractivity contribution >= 4 is 15.9 Å². The molecule has 1 heteroatoms. The Kier molecular flexibility index (Phi) is 2.50. The largest absolute Gasteiger partial charge is 0.0765 e. The maximum Gasteiger partial charge on any atom is 0.0172 e. The Bertz CT molecular complexity index is 209. The first-order chi connectivity index (χ1) is 4.70. The Labute approximate surface area is 70.5 Å². The molecule has 0 spiro atoms. The third kappa shape index (κ3) is 1.84. The normalized spacial score (nSPS) is 25.3. The van der Waals surface area contributed by atoms with Gasteiger partial charge in [0.15, 0.2) is 0 Å². The Morgan fingerprint density at radius 1 is 1.40 bits per heavy atom. The van der Waals surface area contributed by atoms with Crippen LogP contribution in [0.5, 0.6) is 0 Å². The van der Waals surface area contributed by atoms with Gasteiger partial charge in [0.25, 0.3) is 0 Å². The van der Waals surface area contributed by atoms with Crippen molar-refractivity contribution in [3.63, 3.8) is 0 Å². The van der Waals surface area contributed by atoms with Crippen molar-refractivity contribution in [3.05, 3.63) is 34.4 Å². The molecular formula is C9H11Br. The molecule has 0 radical (unpaired) electrons. The highest BCUT2D eigenvalue weighted by atomic mass is 79.9. The molecule has 54 valence electrons. The Balaban J connectivity index is 2.88. The van der Waals surface area contributed by atoms with Crippen LogP contribution in [-0.4, -0.2) is 0 Å². The second-order valence-electron chi connectivity index (χ2n) is 2.61. The lowest BCUT2D eigenvalue weighted by Gasteiger charge is -2.02. The number of hydrogen-bond acceptors (Lipinski definition) is 0. The first-order valence-electron chi connectivity index (χ1n) is 3.42. The van der Waals surface area contributed by atoms with Gasteiger partial charge < -0.3 is 0 Å². The molecule has 1 unspecified atom stereocenters. The van der Waals surface area contributed by atoms with Gasteiger partial charge >= 0.3 is 0 Å². The second-order valence-corrected chi connectivity index (χ2v) is 3.53. The lowest BCUT2D eigenvalue weighted by Crippen LogP contribution is -1.88. The fourth-order valence-electron chi connectivity index (χ4n) is 0.806. The molecule has 0 saturated carbocycles. The van der Waals surface area contributed by atoms with Crippen LogP contribution in [0.3, 0.4) is 0 Å². The van der Waals surface area contributed by atoms with Crippen LogP contribution in [0.25, 0.3) is 0 Å². The van der Waals surface area contributed by atoms with Crippen LogP contribution >= 0.6 is 15.9 Å². The summed E-state index contributed by atoms with van der Waals surface area (Å²) in [6.45, 7) is 4.35. The van der Waals surface area contributed by atoms with Crippen molar-refractivity contribution in [2.45, 2.75) is 13.8 Å². The molecule has 0 fully saturated rings. The minimum absolute atomic E-state index is 0.575. The summed E-state index contributed by atoms with van der Waals surface area (Å²) < 4.78 is 1.15. The predicted molar refractivity (Wildman–Crippen MR) is 49.1 cm³/mol. The summed E-state index contributed by atoms with van der Waals surface area (Å²) in [5, 5.41) is 0. The van der Waals surface area contributed by atoms with E-state index >= 15 is 0 Å². The van der Waals surface area contributed by atoms with Crippen molar-refractivity contribution in [2.24, 2.45) is 5.92 Å². The fourth-order valence-corrected chi connectivity index (χ4v) is 1.09. The monoisotopic (exact) mass is 198 g/mol. The van der Waals surface area contributed by atoms with E-state index in [1.807, 2.05) is 0 Å². The third-order valence-electron chi connectivity index (χ3n) is 1.77. The van der Waals surface area contributed by atoms with Crippen molar-refractivity contribution in [1.29, 1.82) is 0 Å². The van der Waals surface area contributed by atoms with Gasteiger partial charge in [-0.05, 0) is 18.9 Å². The van der Waals surface area contributed by atoms with Crippen LogP contribution in [0.4, 0.5) is 0 Å². The summed E-state index contributed by atoms with van der Waals surface area (Å²) in [7, 11) is 0. The summed E-state index contributed by atoms with van der Waals surface area (Å²) in [5.41, 5.74) is 1.41. The van der Waals surface area contributed by atoms with E-state index in [9.17, 15) is 0 Å². The van der Waals surface area contributed by atoms with Crippen molar-refractivity contribution in [3.8, 4) is 0 Å². The lowest BCUT2D eigenvalue weighted by molar-refractivity contribution is 0.865. The SMILES string of the molecule is CC1=CC=C(Br)C=CC1C. The van der Waals surface area contributed by atoms with Crippen LogP contribution in [0.1, 0.15) is 13.8 Å². The molecule has 0 amide bonds. The molecular weight excluding hydrogens is 188 g/mol. The molecule has 0 aliphatic heterocycles. The zero-order valence-electron chi connectivity index (χ0n) is 6.26. The van der Waals surface area contributed by atoms with Crippen molar-refractivity contribution < 1.29 is 0 Å². The maximum atomic E-state index is 3.42. The number of rotatable bonds is 0. The zero-order valence-corrected chi connectivity index (χ0v) is 7.85. The molecule has 0 aromatic rings. The van der Waals surface area contributed by atoms with Gasteiger partial charge in [-0.3, -0.25) is 0 Å². The van der Waals surface area contributed by atoms with E-state index in [0.29, 0.717) is 5.92 Å². The lowest BCUT2D eigenvalue weighted by atomic mass is 10.0. The van der Waals surface area contributed by atoms with E-state index in [-0.39, 0.29) is 0 Å². The molecule has 0 saturated heterocycles. The van der Waals surface area contributed by atoms with Crippen LogP contribution in [0.2, 0.25) is 0 Å². The predicted octanol–water partition coefficient (Wildman–Crippen LogP) is 3.42. The Morgan fingerprint density at radius 3 is 2.80 bits per heavy atom. The molecule has 0 bridgehead atoms. The van der Waals surface area contributed by atoms with E-state index in [0.717, 1.165) is 4.48 Å². The molecule has 1 rings (SSSR count). The average molecular weight is 199 g/mol. The summed E-state index contributed by atoms with van der Waals surface area (Å²) in [4.78, 5) is 0. The molecule has 0 aromatic carbocycles. The van der Waals surface area contributed by atoms with Crippen LogP contribution in [-0.2, 0) is 0 Å². The Morgan fingerprint density at radius 2 is 2.10 bits per heavy atom. The smallest absolute Gasteiger partial charge is 0.0172 e. The molecule has 0 heterocycles. The van der Waals surface area contributed by atoms with Crippen LogP contribution < -0.4 is 0 Å². The second kappa shape index (κ2) is 3.20. The van der Waals surface area contributed by atoms with E-state index in [1.54, 1.807) is 0 Å². The van der Waals surface area contributed by atoms with E-state index in [4.69, 9.17) is 0 Å². The molecule has 1 aliphatic rings. The van der Waals surface area contributed by atoms with Gasteiger partial charge in [0.2, 0.25) is 0 Å². The van der Waals surface area contributed by atoms with E-state index in [2.05, 4.69) is 54.1 Å². The highest BCUT2D eigenvalue weighted by Gasteiger charge is 2.00. The van der Waals surface area contributed by atoms with Gasteiger partial charge in [0.05, 0.1) is 0 Å². The van der Waals surface area contributed by atoms with Crippen molar-refractivity contribution in [1.82, 2.24) is 0 Å². The fraction of sp³-hybridized carbons (Fsp3) is 0.333. The van der Waals surface area contributed by atoms with Gasteiger partial charge in [0.1, 0.15) is 0 Å². The number of halogens is 1. The molecule has 0 nitrogen and oxygen atoms in total. The highest BCUT2D eigenvalue weighted by molar-refractivity contribution is 9.11. The average Bonchev–Trinajstić information content (AvgIpc) is 2.04. The standard InChI is InChI=1S/C9H11Br/c1-7-3-5-9(10)6-4-8(7)2/h3-7H,1-2H3. The molecule has 0 N–H and O–H groups in total. The first kappa shape index (κ1) is 7.80. The van der Waals surface area contributed by atoms with E-state index < -0.39 is 0 Å². The summed E-state index contributed by atoms with van der Waals surface area (Å²) >= 11 is 3.42. The van der Waals surface area contributed by atoms with Crippen LogP contribution in [0.15, 0.2) is 34.4 Å². The van der Waals surface area contributed by atoms with Gasteiger partial charge in [-0.2, -0.15) is 0 Å². The number of allylic oxidation sites excluding steroid dienone is 6.